The summed E-state index contributed by atoms with van der Waals surface area (Å²) in [4.78, 5) is 13.3. The maximum absolute atomic E-state index is 9.44. The molecule has 0 saturated heterocycles. The van der Waals surface area contributed by atoms with Crippen molar-refractivity contribution in [3.8, 4) is 0 Å². The molecule has 0 radical (unpaired) electrons. The van der Waals surface area contributed by atoms with Gasteiger partial charge in [-0.1, -0.05) is 11.6 Å². The molecule has 1 aromatic heterocycles. The lowest BCUT2D eigenvalue weighted by Gasteiger charge is -1.88. The molecule has 1 aromatic rings. The van der Waals surface area contributed by atoms with Crippen molar-refractivity contribution in [3.05, 3.63) is 27.1 Å². The van der Waals surface area contributed by atoms with Crippen LogP contribution in [0.15, 0.2) is 18.5 Å². The molecule has 0 N–H and O–H groups in total. The van der Waals surface area contributed by atoms with E-state index in [1.807, 2.05) is 6.92 Å². The molecule has 78 valence electrons. The molecule has 0 saturated carbocycles. The third-order valence-corrected chi connectivity index (χ3v) is 2.62. The standard InChI is InChI=1S/C5H3ClIN.C4H8O2/c6-4-1-2-8-3-5(4)7;1-2-6-4-3-5/h1-3H;3H,2,4H2,1H3. The van der Waals surface area contributed by atoms with Crippen LogP contribution in [-0.4, -0.2) is 24.5 Å². The van der Waals surface area contributed by atoms with Crippen molar-refractivity contribution in [1.29, 1.82) is 0 Å². The van der Waals surface area contributed by atoms with Crippen LogP contribution in [0, 0.1) is 3.57 Å². The Morgan fingerprint density at radius 1 is 1.71 bits per heavy atom. The SMILES string of the molecule is CCOCC=O.Clc1ccncc1I. The molecule has 0 aliphatic carbocycles. The summed E-state index contributed by atoms with van der Waals surface area (Å²) in [5.74, 6) is 0. The average molecular weight is 328 g/mol. The number of pyridine rings is 1. The summed E-state index contributed by atoms with van der Waals surface area (Å²) in [7, 11) is 0. The van der Waals surface area contributed by atoms with Crippen LogP contribution in [0.2, 0.25) is 5.02 Å². The lowest BCUT2D eigenvalue weighted by atomic mass is 10.5. The monoisotopic (exact) mass is 327 g/mol. The number of hydrogen-bond donors (Lipinski definition) is 0. The third kappa shape index (κ3) is 7.23. The summed E-state index contributed by atoms with van der Waals surface area (Å²) in [5.41, 5.74) is 0. The van der Waals surface area contributed by atoms with E-state index in [0.717, 1.165) is 14.9 Å². The minimum absolute atomic E-state index is 0.233. The summed E-state index contributed by atoms with van der Waals surface area (Å²) in [5, 5.41) is 0.764. The van der Waals surface area contributed by atoms with Crippen molar-refractivity contribution >= 4 is 40.5 Å². The molecular weight excluding hydrogens is 316 g/mol. The number of halogens is 2. The molecule has 0 fully saturated rings. The van der Waals surface area contributed by atoms with Crippen molar-refractivity contribution in [2.75, 3.05) is 13.2 Å². The zero-order valence-electron chi connectivity index (χ0n) is 7.74. The van der Waals surface area contributed by atoms with Gasteiger partial charge in [0.15, 0.2) is 0 Å². The summed E-state index contributed by atoms with van der Waals surface area (Å²) in [6.07, 6.45) is 4.14. The van der Waals surface area contributed by atoms with Gasteiger partial charge in [0, 0.05) is 22.6 Å². The first-order valence-corrected chi connectivity index (χ1v) is 5.44. The smallest absolute Gasteiger partial charge is 0.145 e. The zero-order chi connectivity index (χ0) is 10.8. The van der Waals surface area contributed by atoms with Gasteiger partial charge in [-0.3, -0.25) is 4.98 Å². The van der Waals surface area contributed by atoms with Crippen LogP contribution in [-0.2, 0) is 9.53 Å². The van der Waals surface area contributed by atoms with Gasteiger partial charge >= 0.3 is 0 Å². The number of hydrogen-bond acceptors (Lipinski definition) is 3. The van der Waals surface area contributed by atoms with Gasteiger partial charge in [0.05, 0.1) is 5.02 Å². The average Bonchev–Trinajstić information content (AvgIpc) is 2.20. The van der Waals surface area contributed by atoms with Crippen LogP contribution >= 0.6 is 34.2 Å². The second-order valence-electron chi connectivity index (χ2n) is 2.12. The molecule has 0 aliphatic heterocycles. The Morgan fingerprint density at radius 3 is 2.71 bits per heavy atom. The van der Waals surface area contributed by atoms with Gasteiger partial charge in [0.25, 0.3) is 0 Å². The quantitative estimate of drug-likeness (QED) is 0.486. The van der Waals surface area contributed by atoms with Crippen LogP contribution in [0.4, 0.5) is 0 Å². The Labute approximate surface area is 102 Å². The van der Waals surface area contributed by atoms with E-state index in [2.05, 4.69) is 32.3 Å². The van der Waals surface area contributed by atoms with E-state index in [1.165, 1.54) is 0 Å². The molecule has 0 unspecified atom stereocenters. The first-order valence-electron chi connectivity index (χ1n) is 3.98. The van der Waals surface area contributed by atoms with E-state index in [0.29, 0.717) is 6.61 Å². The molecule has 1 heterocycles. The molecule has 0 aliphatic rings. The van der Waals surface area contributed by atoms with E-state index in [4.69, 9.17) is 11.6 Å². The maximum Gasteiger partial charge on any atom is 0.145 e. The van der Waals surface area contributed by atoms with Crippen LogP contribution in [0.25, 0.3) is 0 Å². The van der Waals surface area contributed by atoms with Crippen molar-refractivity contribution in [2.24, 2.45) is 0 Å². The van der Waals surface area contributed by atoms with E-state index in [9.17, 15) is 4.79 Å². The Bertz CT molecular complexity index is 250. The Hall–Kier alpha value is -0.200. The van der Waals surface area contributed by atoms with Crippen LogP contribution in [0.1, 0.15) is 6.92 Å². The number of rotatable bonds is 3. The highest BCUT2D eigenvalue weighted by Crippen LogP contribution is 2.14. The van der Waals surface area contributed by atoms with Crippen LogP contribution in [0.5, 0.6) is 0 Å². The molecule has 0 spiro atoms. The fraction of sp³-hybridized carbons (Fsp3) is 0.333. The molecule has 0 atom stereocenters. The summed E-state index contributed by atoms with van der Waals surface area (Å²) in [6.45, 7) is 2.71. The lowest BCUT2D eigenvalue weighted by Crippen LogP contribution is -1.91. The first kappa shape index (κ1) is 13.8. The Morgan fingerprint density at radius 2 is 2.43 bits per heavy atom. The van der Waals surface area contributed by atoms with Crippen LogP contribution < -0.4 is 0 Å². The fourth-order valence-electron chi connectivity index (χ4n) is 0.524. The van der Waals surface area contributed by atoms with Gasteiger partial charge in [-0.2, -0.15) is 0 Å². The highest BCUT2D eigenvalue weighted by molar-refractivity contribution is 14.1. The normalized spacial score (nSPS) is 8.79. The molecule has 14 heavy (non-hydrogen) atoms. The molecule has 1 rings (SSSR count). The highest BCUT2D eigenvalue weighted by Gasteiger charge is 1.89. The van der Waals surface area contributed by atoms with Gasteiger partial charge < -0.3 is 9.53 Å². The van der Waals surface area contributed by atoms with Gasteiger partial charge in [0.1, 0.15) is 12.9 Å². The molecule has 0 bridgehead atoms. The fourth-order valence-corrected chi connectivity index (χ4v) is 0.970. The highest BCUT2D eigenvalue weighted by atomic mass is 127. The second kappa shape index (κ2) is 9.36. The van der Waals surface area contributed by atoms with Crippen LogP contribution in [0.3, 0.4) is 0 Å². The van der Waals surface area contributed by atoms with E-state index >= 15 is 0 Å². The van der Waals surface area contributed by atoms with Crippen molar-refractivity contribution in [3.63, 3.8) is 0 Å². The lowest BCUT2D eigenvalue weighted by molar-refractivity contribution is -0.111. The van der Waals surface area contributed by atoms with Crippen molar-refractivity contribution in [2.45, 2.75) is 6.92 Å². The number of nitrogens with zero attached hydrogens (tertiary/aromatic N) is 1. The summed E-state index contributed by atoms with van der Waals surface area (Å²) >= 11 is 7.79. The molecule has 0 aromatic carbocycles. The van der Waals surface area contributed by atoms with Gasteiger partial charge in [0.2, 0.25) is 0 Å². The predicted molar refractivity (Wildman–Crippen MR) is 64.5 cm³/mol. The van der Waals surface area contributed by atoms with Gasteiger partial charge in [-0.15, -0.1) is 0 Å². The topological polar surface area (TPSA) is 39.2 Å². The van der Waals surface area contributed by atoms with Crippen molar-refractivity contribution in [1.82, 2.24) is 4.98 Å². The molecule has 0 amide bonds. The number of aldehydes is 1. The minimum Gasteiger partial charge on any atom is -0.374 e. The van der Waals surface area contributed by atoms with Gasteiger partial charge in [-0.05, 0) is 35.6 Å². The zero-order valence-corrected chi connectivity index (χ0v) is 10.7. The Balaban J connectivity index is 0.000000255. The number of carbonyl (C=O) groups is 1. The predicted octanol–water partition coefficient (Wildman–Crippen LogP) is 2.56. The van der Waals surface area contributed by atoms with E-state index < -0.39 is 0 Å². The summed E-state index contributed by atoms with van der Waals surface area (Å²) < 4.78 is 5.61. The minimum atomic E-state index is 0.233. The molecule has 3 nitrogen and oxygen atoms in total. The first-order chi connectivity index (χ1) is 6.72. The second-order valence-corrected chi connectivity index (χ2v) is 3.69. The van der Waals surface area contributed by atoms with E-state index in [-0.39, 0.29) is 6.61 Å². The largest absolute Gasteiger partial charge is 0.374 e. The third-order valence-electron chi connectivity index (χ3n) is 1.11. The number of aromatic nitrogens is 1. The summed E-state index contributed by atoms with van der Waals surface area (Å²) in [6, 6.07) is 1.77. The molecule has 5 heteroatoms. The van der Waals surface area contributed by atoms with Crippen molar-refractivity contribution < 1.29 is 9.53 Å². The van der Waals surface area contributed by atoms with E-state index in [1.54, 1.807) is 18.5 Å². The molecular formula is C9H11ClINO2. The van der Waals surface area contributed by atoms with Gasteiger partial charge in [-0.25, -0.2) is 0 Å². The number of ether oxygens (including phenoxy) is 1. The maximum atomic E-state index is 9.44. The number of carbonyl (C=O) groups excluding carboxylic acids is 1. The Kier molecular flexibility index (Phi) is 9.23.